The summed E-state index contributed by atoms with van der Waals surface area (Å²) in [4.78, 5) is 1.82. The molecule has 0 aromatic heterocycles. The van der Waals surface area contributed by atoms with Gasteiger partial charge in [-0.05, 0) is 37.6 Å². The van der Waals surface area contributed by atoms with Gasteiger partial charge < -0.3 is 10.0 Å². The van der Waals surface area contributed by atoms with E-state index in [9.17, 15) is 9.50 Å². The van der Waals surface area contributed by atoms with Crippen LogP contribution in [0.1, 0.15) is 37.1 Å². The number of anilines is 1. The average Bonchev–Trinajstić information content (AvgIpc) is 2.45. The van der Waals surface area contributed by atoms with Crippen LogP contribution in [0.25, 0.3) is 0 Å². The van der Waals surface area contributed by atoms with E-state index in [1.54, 1.807) is 19.1 Å². The highest BCUT2D eigenvalue weighted by atomic mass is 35.5. The molecule has 1 N–H and O–H groups in total. The molecule has 0 aliphatic heterocycles. The average molecular weight is 308 g/mol. The van der Waals surface area contributed by atoms with Gasteiger partial charge in [0.25, 0.3) is 0 Å². The molecule has 4 heteroatoms. The van der Waals surface area contributed by atoms with Gasteiger partial charge >= 0.3 is 0 Å². The molecule has 0 spiro atoms. The van der Waals surface area contributed by atoms with Gasteiger partial charge in [0.05, 0.1) is 17.8 Å². The Bertz CT molecular complexity index is 630. The molecule has 0 fully saturated rings. The van der Waals surface area contributed by atoms with Crippen LogP contribution in [0, 0.1) is 5.82 Å². The quantitative estimate of drug-likeness (QED) is 0.882. The third kappa shape index (κ3) is 3.36. The van der Waals surface area contributed by atoms with Crippen molar-refractivity contribution in [1.82, 2.24) is 0 Å². The Morgan fingerprint density at radius 3 is 2.43 bits per heavy atom. The van der Waals surface area contributed by atoms with Crippen molar-refractivity contribution < 1.29 is 9.50 Å². The van der Waals surface area contributed by atoms with Gasteiger partial charge in [0, 0.05) is 17.6 Å². The van der Waals surface area contributed by atoms with Gasteiger partial charge in [0.2, 0.25) is 0 Å². The highest BCUT2D eigenvalue weighted by Crippen LogP contribution is 2.34. The number of aliphatic hydroxyl groups is 1. The summed E-state index contributed by atoms with van der Waals surface area (Å²) in [5, 5.41) is 10.5. The Morgan fingerprint density at radius 2 is 1.81 bits per heavy atom. The molecule has 2 aromatic rings. The van der Waals surface area contributed by atoms with E-state index in [4.69, 9.17) is 11.6 Å². The fourth-order valence-corrected chi connectivity index (χ4v) is 2.62. The predicted octanol–water partition coefficient (Wildman–Crippen LogP) is 4.73. The van der Waals surface area contributed by atoms with E-state index < -0.39 is 6.10 Å². The van der Waals surface area contributed by atoms with E-state index in [-0.39, 0.29) is 11.9 Å². The molecule has 2 aromatic carbocycles. The lowest BCUT2D eigenvalue weighted by Gasteiger charge is -2.30. The summed E-state index contributed by atoms with van der Waals surface area (Å²) in [6.07, 6.45) is -0.732. The molecule has 0 aliphatic carbocycles. The highest BCUT2D eigenvalue weighted by Gasteiger charge is 2.21. The standard InChI is InChI=1S/C17H19ClFNO/c1-11(13-6-4-7-14(18)10-13)20(3)17-15(12(2)21)8-5-9-16(17)19/h4-12,21H,1-3H3/t11?,12-/m0/s1. The number of hydrogen-bond acceptors (Lipinski definition) is 2. The monoisotopic (exact) mass is 307 g/mol. The van der Waals surface area contributed by atoms with Crippen LogP contribution in [0.2, 0.25) is 5.02 Å². The zero-order chi connectivity index (χ0) is 15.6. The third-order valence-electron chi connectivity index (χ3n) is 3.73. The Balaban J connectivity index is 2.42. The minimum Gasteiger partial charge on any atom is -0.389 e. The summed E-state index contributed by atoms with van der Waals surface area (Å²) >= 11 is 6.02. The summed E-state index contributed by atoms with van der Waals surface area (Å²) in [7, 11) is 1.82. The van der Waals surface area contributed by atoms with Crippen molar-refractivity contribution >= 4 is 17.3 Å². The Labute approximate surface area is 129 Å². The van der Waals surface area contributed by atoms with Crippen LogP contribution in [0.3, 0.4) is 0 Å². The zero-order valence-corrected chi connectivity index (χ0v) is 13.1. The van der Waals surface area contributed by atoms with E-state index in [1.807, 2.05) is 43.1 Å². The van der Waals surface area contributed by atoms with Gasteiger partial charge in [0.1, 0.15) is 5.82 Å². The van der Waals surface area contributed by atoms with Crippen molar-refractivity contribution in [2.75, 3.05) is 11.9 Å². The topological polar surface area (TPSA) is 23.5 Å². The van der Waals surface area contributed by atoms with Crippen LogP contribution in [0.15, 0.2) is 42.5 Å². The lowest BCUT2D eigenvalue weighted by atomic mass is 10.0. The van der Waals surface area contributed by atoms with Gasteiger partial charge in [-0.1, -0.05) is 35.9 Å². The number of nitrogens with zero attached hydrogens (tertiary/aromatic N) is 1. The molecule has 0 aliphatic rings. The van der Waals surface area contributed by atoms with E-state index in [2.05, 4.69) is 0 Å². The fraction of sp³-hybridized carbons (Fsp3) is 0.294. The molecule has 0 amide bonds. The van der Waals surface area contributed by atoms with E-state index >= 15 is 0 Å². The third-order valence-corrected chi connectivity index (χ3v) is 3.97. The number of halogens is 2. The summed E-state index contributed by atoms with van der Waals surface area (Å²) in [5.74, 6) is -0.343. The van der Waals surface area contributed by atoms with Crippen LogP contribution in [-0.4, -0.2) is 12.2 Å². The van der Waals surface area contributed by atoms with Gasteiger partial charge in [-0.15, -0.1) is 0 Å². The Kier molecular flexibility index (Phi) is 4.86. The van der Waals surface area contributed by atoms with Crippen molar-refractivity contribution in [3.05, 3.63) is 64.4 Å². The van der Waals surface area contributed by atoms with Gasteiger partial charge in [0.15, 0.2) is 0 Å². The molecule has 0 heterocycles. The van der Waals surface area contributed by atoms with Gasteiger partial charge in [-0.2, -0.15) is 0 Å². The molecule has 1 unspecified atom stereocenters. The first-order chi connectivity index (χ1) is 9.91. The number of aliphatic hydroxyl groups excluding tert-OH is 1. The number of rotatable bonds is 4. The molecular weight excluding hydrogens is 289 g/mol. The van der Waals surface area contributed by atoms with Crippen molar-refractivity contribution in [1.29, 1.82) is 0 Å². The molecule has 0 saturated carbocycles. The second kappa shape index (κ2) is 6.46. The highest BCUT2D eigenvalue weighted by molar-refractivity contribution is 6.30. The minimum atomic E-state index is -0.732. The van der Waals surface area contributed by atoms with Crippen LogP contribution in [0.4, 0.5) is 10.1 Å². The van der Waals surface area contributed by atoms with Crippen LogP contribution in [-0.2, 0) is 0 Å². The largest absolute Gasteiger partial charge is 0.389 e. The number of benzene rings is 2. The summed E-state index contributed by atoms with van der Waals surface area (Å²) in [6.45, 7) is 3.61. The summed E-state index contributed by atoms with van der Waals surface area (Å²) < 4.78 is 14.2. The normalized spacial score (nSPS) is 13.8. The lowest BCUT2D eigenvalue weighted by Crippen LogP contribution is -2.24. The molecule has 0 bridgehead atoms. The Hall–Kier alpha value is -1.58. The predicted molar refractivity (Wildman–Crippen MR) is 85.3 cm³/mol. The van der Waals surface area contributed by atoms with Gasteiger partial charge in [-0.25, -0.2) is 4.39 Å². The molecule has 2 rings (SSSR count). The summed E-state index contributed by atoms with van der Waals surface area (Å²) in [5.41, 5.74) is 1.98. The molecule has 2 nitrogen and oxygen atoms in total. The van der Waals surface area contributed by atoms with Crippen LogP contribution >= 0.6 is 11.6 Å². The van der Waals surface area contributed by atoms with Crippen molar-refractivity contribution in [3.8, 4) is 0 Å². The van der Waals surface area contributed by atoms with Crippen molar-refractivity contribution in [3.63, 3.8) is 0 Å². The van der Waals surface area contributed by atoms with E-state index in [0.29, 0.717) is 16.3 Å². The zero-order valence-electron chi connectivity index (χ0n) is 12.3. The van der Waals surface area contributed by atoms with Gasteiger partial charge in [-0.3, -0.25) is 0 Å². The van der Waals surface area contributed by atoms with Crippen molar-refractivity contribution in [2.45, 2.75) is 26.0 Å². The first-order valence-electron chi connectivity index (χ1n) is 6.86. The minimum absolute atomic E-state index is 0.0712. The van der Waals surface area contributed by atoms with Crippen molar-refractivity contribution in [2.24, 2.45) is 0 Å². The maximum absolute atomic E-state index is 14.2. The van der Waals surface area contributed by atoms with E-state index in [1.165, 1.54) is 6.07 Å². The second-order valence-electron chi connectivity index (χ2n) is 5.20. The van der Waals surface area contributed by atoms with Crippen LogP contribution < -0.4 is 4.90 Å². The SMILES string of the molecule is CC(c1cccc(Cl)c1)N(C)c1c(F)cccc1[C@H](C)O. The molecular formula is C17H19ClFNO. The second-order valence-corrected chi connectivity index (χ2v) is 5.63. The molecule has 0 saturated heterocycles. The fourth-order valence-electron chi connectivity index (χ4n) is 2.42. The molecule has 2 atom stereocenters. The van der Waals surface area contributed by atoms with E-state index in [0.717, 1.165) is 5.56 Å². The number of hydrogen-bond donors (Lipinski definition) is 1. The summed E-state index contributed by atoms with van der Waals surface area (Å²) in [6, 6.07) is 12.2. The Morgan fingerprint density at radius 1 is 1.14 bits per heavy atom. The molecule has 112 valence electrons. The molecule has 21 heavy (non-hydrogen) atoms. The smallest absolute Gasteiger partial charge is 0.146 e. The first-order valence-corrected chi connectivity index (χ1v) is 7.24. The van der Waals surface area contributed by atoms with Crippen LogP contribution in [0.5, 0.6) is 0 Å². The number of para-hydroxylation sites is 1. The lowest BCUT2D eigenvalue weighted by molar-refractivity contribution is 0.199. The molecule has 0 radical (unpaired) electrons. The maximum Gasteiger partial charge on any atom is 0.146 e. The first kappa shape index (κ1) is 15.8. The maximum atomic E-state index is 14.2.